The topological polar surface area (TPSA) is 58.6 Å². The number of benzene rings is 3. The summed E-state index contributed by atoms with van der Waals surface area (Å²) in [5, 5.41) is 3.67. The first-order valence-electron chi connectivity index (χ1n) is 10.8. The number of nitrogens with one attached hydrogen (secondary N) is 1. The van der Waals surface area contributed by atoms with E-state index < -0.39 is 11.8 Å². The summed E-state index contributed by atoms with van der Waals surface area (Å²) in [4.78, 5) is 28.3. The molecule has 0 bridgehead atoms. The second-order valence-corrected chi connectivity index (χ2v) is 8.42. The molecule has 0 unspecified atom stereocenters. The van der Waals surface area contributed by atoms with Crippen molar-refractivity contribution in [2.24, 2.45) is 0 Å². The Kier molecular flexibility index (Phi) is 6.25. The van der Waals surface area contributed by atoms with Gasteiger partial charge in [0.1, 0.15) is 11.4 Å². The highest BCUT2D eigenvalue weighted by Crippen LogP contribution is 2.35. The van der Waals surface area contributed by atoms with Crippen molar-refractivity contribution in [3.8, 4) is 5.75 Å². The van der Waals surface area contributed by atoms with E-state index in [9.17, 15) is 9.59 Å². The summed E-state index contributed by atoms with van der Waals surface area (Å²) < 4.78 is 5.50. The third-order valence-corrected chi connectivity index (χ3v) is 6.13. The Hall–Kier alpha value is -3.57. The Morgan fingerprint density at radius 1 is 0.848 bits per heavy atom. The van der Waals surface area contributed by atoms with Crippen LogP contribution >= 0.6 is 11.6 Å². The van der Waals surface area contributed by atoms with E-state index in [1.807, 2.05) is 70.2 Å². The summed E-state index contributed by atoms with van der Waals surface area (Å²) in [7, 11) is 0. The number of amides is 2. The van der Waals surface area contributed by atoms with Crippen molar-refractivity contribution < 1.29 is 14.3 Å². The lowest BCUT2D eigenvalue weighted by Crippen LogP contribution is -2.32. The molecule has 4 rings (SSSR count). The van der Waals surface area contributed by atoms with Crippen molar-refractivity contribution in [3.63, 3.8) is 0 Å². The average molecular weight is 461 g/mol. The second kappa shape index (κ2) is 9.12. The number of hydrogen-bond acceptors (Lipinski definition) is 4. The van der Waals surface area contributed by atoms with Crippen molar-refractivity contribution >= 4 is 40.4 Å². The molecule has 168 valence electrons. The van der Waals surface area contributed by atoms with Crippen LogP contribution in [0.4, 0.5) is 11.4 Å². The molecule has 3 aromatic carbocycles. The van der Waals surface area contributed by atoms with E-state index in [2.05, 4.69) is 5.32 Å². The maximum atomic E-state index is 13.6. The second-order valence-electron chi connectivity index (χ2n) is 8.01. The molecule has 1 aliphatic rings. The lowest BCUT2D eigenvalue weighted by molar-refractivity contribution is -0.120. The minimum Gasteiger partial charge on any atom is -0.494 e. The van der Waals surface area contributed by atoms with E-state index in [-0.39, 0.29) is 5.70 Å². The SMILES string of the molecule is CCOc1ccc(NC2=C(c3ccc(C)c(C)c3)C(=O)N(c3ccc(C)c(Cl)c3)C2=O)cc1. The van der Waals surface area contributed by atoms with Gasteiger partial charge in [0.2, 0.25) is 0 Å². The Labute approximate surface area is 198 Å². The molecule has 0 aliphatic carbocycles. The van der Waals surface area contributed by atoms with Crippen LogP contribution in [0.3, 0.4) is 0 Å². The molecule has 1 heterocycles. The number of imide groups is 1. The molecule has 1 N–H and O–H groups in total. The van der Waals surface area contributed by atoms with Crippen LogP contribution in [0.2, 0.25) is 5.02 Å². The van der Waals surface area contributed by atoms with Gasteiger partial charge in [0, 0.05) is 10.7 Å². The molecular weight excluding hydrogens is 436 g/mol. The highest BCUT2D eigenvalue weighted by atomic mass is 35.5. The smallest absolute Gasteiger partial charge is 0.282 e. The predicted molar refractivity (Wildman–Crippen MR) is 133 cm³/mol. The fourth-order valence-electron chi connectivity index (χ4n) is 3.71. The molecule has 0 fully saturated rings. The first kappa shape index (κ1) is 22.6. The number of hydrogen-bond donors (Lipinski definition) is 1. The number of nitrogens with zero attached hydrogens (tertiary/aromatic N) is 1. The van der Waals surface area contributed by atoms with Gasteiger partial charge in [0.25, 0.3) is 11.8 Å². The molecule has 5 nitrogen and oxygen atoms in total. The standard InChI is InChI=1S/C27H25ClN2O3/c1-5-33-22-12-9-20(10-13-22)29-25-24(19-8-6-16(2)18(4)14-19)26(31)30(27(25)32)21-11-7-17(3)23(28)15-21/h6-15,29H,5H2,1-4H3. The Bertz CT molecular complexity index is 1280. The third kappa shape index (κ3) is 4.37. The number of rotatable bonds is 6. The van der Waals surface area contributed by atoms with Crippen molar-refractivity contribution in [3.05, 3.63) is 93.6 Å². The van der Waals surface area contributed by atoms with Gasteiger partial charge in [-0.3, -0.25) is 9.59 Å². The third-order valence-electron chi connectivity index (χ3n) is 5.73. The van der Waals surface area contributed by atoms with E-state index in [0.29, 0.717) is 34.1 Å². The van der Waals surface area contributed by atoms with Gasteiger partial charge in [-0.25, -0.2) is 4.90 Å². The van der Waals surface area contributed by atoms with Gasteiger partial charge >= 0.3 is 0 Å². The van der Waals surface area contributed by atoms with Crippen LogP contribution in [0.5, 0.6) is 5.75 Å². The van der Waals surface area contributed by atoms with E-state index in [0.717, 1.165) is 22.4 Å². The van der Waals surface area contributed by atoms with Crippen molar-refractivity contribution in [1.29, 1.82) is 0 Å². The molecule has 0 saturated carbocycles. The van der Waals surface area contributed by atoms with E-state index in [4.69, 9.17) is 16.3 Å². The van der Waals surface area contributed by atoms with Crippen LogP contribution < -0.4 is 15.0 Å². The summed E-state index contributed by atoms with van der Waals surface area (Å²) in [5.41, 5.74) is 5.37. The Balaban J connectivity index is 1.79. The minimum atomic E-state index is -0.429. The fourth-order valence-corrected chi connectivity index (χ4v) is 3.89. The maximum Gasteiger partial charge on any atom is 0.282 e. The van der Waals surface area contributed by atoms with Gasteiger partial charge in [-0.05, 0) is 86.3 Å². The zero-order valence-corrected chi connectivity index (χ0v) is 19.8. The molecule has 2 amide bonds. The molecule has 0 radical (unpaired) electrons. The summed E-state index contributed by atoms with van der Waals surface area (Å²) in [6, 6.07) is 18.2. The highest BCUT2D eigenvalue weighted by molar-refractivity contribution is 6.46. The largest absolute Gasteiger partial charge is 0.494 e. The monoisotopic (exact) mass is 460 g/mol. The van der Waals surface area contributed by atoms with Gasteiger partial charge < -0.3 is 10.1 Å². The zero-order chi connectivity index (χ0) is 23.7. The van der Waals surface area contributed by atoms with E-state index in [1.165, 1.54) is 4.90 Å². The van der Waals surface area contributed by atoms with E-state index in [1.54, 1.807) is 18.2 Å². The quantitative estimate of drug-likeness (QED) is 0.454. The van der Waals surface area contributed by atoms with Crippen LogP contribution in [-0.2, 0) is 9.59 Å². The van der Waals surface area contributed by atoms with Gasteiger partial charge in [-0.1, -0.05) is 35.9 Å². The first-order chi connectivity index (χ1) is 15.8. The van der Waals surface area contributed by atoms with Crippen LogP contribution in [0.1, 0.15) is 29.2 Å². The van der Waals surface area contributed by atoms with Gasteiger partial charge in [0.05, 0.1) is 17.9 Å². The summed E-state index contributed by atoms with van der Waals surface area (Å²) in [6.07, 6.45) is 0. The number of carbonyl (C=O) groups excluding carboxylic acids is 2. The number of halogens is 1. The maximum absolute atomic E-state index is 13.6. The molecule has 6 heteroatoms. The van der Waals surface area contributed by atoms with Crippen molar-refractivity contribution in [2.45, 2.75) is 27.7 Å². The lowest BCUT2D eigenvalue weighted by atomic mass is 9.99. The zero-order valence-electron chi connectivity index (χ0n) is 19.0. The van der Waals surface area contributed by atoms with Crippen LogP contribution in [-0.4, -0.2) is 18.4 Å². The van der Waals surface area contributed by atoms with Crippen LogP contribution in [0.25, 0.3) is 5.57 Å². The van der Waals surface area contributed by atoms with Gasteiger partial charge in [0.15, 0.2) is 0 Å². The van der Waals surface area contributed by atoms with Crippen LogP contribution in [0, 0.1) is 20.8 Å². The number of ether oxygens (including phenoxy) is 1. The van der Waals surface area contributed by atoms with Crippen LogP contribution in [0.15, 0.2) is 66.4 Å². The summed E-state index contributed by atoms with van der Waals surface area (Å²) in [5.74, 6) is -0.0881. The highest BCUT2D eigenvalue weighted by Gasteiger charge is 2.40. The normalized spacial score (nSPS) is 13.7. The number of aryl methyl sites for hydroxylation is 3. The molecule has 0 saturated heterocycles. The van der Waals surface area contributed by atoms with Gasteiger partial charge in [-0.15, -0.1) is 0 Å². The lowest BCUT2D eigenvalue weighted by Gasteiger charge is -2.16. The Morgan fingerprint density at radius 2 is 1.55 bits per heavy atom. The van der Waals surface area contributed by atoms with Crippen molar-refractivity contribution in [2.75, 3.05) is 16.8 Å². The van der Waals surface area contributed by atoms with Gasteiger partial charge in [-0.2, -0.15) is 0 Å². The summed E-state index contributed by atoms with van der Waals surface area (Å²) >= 11 is 6.30. The predicted octanol–water partition coefficient (Wildman–Crippen LogP) is 6.06. The Morgan fingerprint density at radius 3 is 2.18 bits per heavy atom. The molecule has 0 atom stereocenters. The molecular formula is C27H25ClN2O3. The minimum absolute atomic E-state index is 0.226. The average Bonchev–Trinajstić information content (AvgIpc) is 3.03. The fraction of sp³-hybridized carbons (Fsp3) is 0.185. The van der Waals surface area contributed by atoms with E-state index >= 15 is 0 Å². The molecule has 0 aromatic heterocycles. The number of anilines is 2. The molecule has 3 aromatic rings. The number of carbonyl (C=O) groups is 2. The molecule has 0 spiro atoms. The summed E-state index contributed by atoms with van der Waals surface area (Å²) in [6.45, 7) is 8.35. The first-order valence-corrected chi connectivity index (χ1v) is 11.1. The molecule has 33 heavy (non-hydrogen) atoms. The molecule has 1 aliphatic heterocycles. The van der Waals surface area contributed by atoms with Crippen molar-refractivity contribution in [1.82, 2.24) is 0 Å².